The maximum Gasteiger partial charge on any atom is 0.235 e. The number of amides is 2. The van der Waals surface area contributed by atoms with Crippen LogP contribution in [0.4, 0.5) is 11.4 Å². The number of carbonyl (C=O) groups excluding carboxylic acids is 3. The third kappa shape index (κ3) is 5.49. The Hall–Kier alpha value is -3.77. The largest absolute Gasteiger partial charge is 0.389 e. The van der Waals surface area contributed by atoms with Crippen molar-refractivity contribution in [2.24, 2.45) is 11.8 Å². The monoisotopic (exact) mass is 498 g/mol. The SMILES string of the molecule is CCc1ccc(C2C(C(=O)Nc3ccccc3C)C(=O)CC(C)(O)C2C(=O)Nc2ccccc2C)cc1. The zero-order chi connectivity index (χ0) is 26.7. The fourth-order valence-electron chi connectivity index (χ4n) is 5.31. The van der Waals surface area contributed by atoms with Gasteiger partial charge in [0.2, 0.25) is 11.8 Å². The summed E-state index contributed by atoms with van der Waals surface area (Å²) in [4.78, 5) is 41.0. The lowest BCUT2D eigenvalue weighted by molar-refractivity contribution is -0.150. The summed E-state index contributed by atoms with van der Waals surface area (Å²) in [7, 11) is 0. The van der Waals surface area contributed by atoms with Crippen LogP contribution in [0, 0.1) is 25.7 Å². The van der Waals surface area contributed by atoms with Gasteiger partial charge in [0.15, 0.2) is 0 Å². The van der Waals surface area contributed by atoms with Gasteiger partial charge in [-0.3, -0.25) is 14.4 Å². The van der Waals surface area contributed by atoms with Gasteiger partial charge in [-0.1, -0.05) is 67.6 Å². The number of aliphatic hydroxyl groups is 1. The fraction of sp³-hybridized carbons (Fsp3) is 0.323. The molecule has 3 N–H and O–H groups in total. The van der Waals surface area contributed by atoms with Crippen molar-refractivity contribution in [2.45, 2.75) is 52.1 Å². The minimum atomic E-state index is -1.64. The lowest BCUT2D eigenvalue weighted by atomic mass is 9.61. The van der Waals surface area contributed by atoms with Gasteiger partial charge < -0.3 is 15.7 Å². The molecule has 3 aromatic rings. The summed E-state index contributed by atoms with van der Waals surface area (Å²) < 4.78 is 0. The van der Waals surface area contributed by atoms with Gasteiger partial charge >= 0.3 is 0 Å². The minimum absolute atomic E-state index is 0.297. The van der Waals surface area contributed by atoms with E-state index in [2.05, 4.69) is 10.6 Å². The van der Waals surface area contributed by atoms with E-state index in [1.807, 2.05) is 81.4 Å². The molecule has 6 nitrogen and oxygen atoms in total. The maximum absolute atomic E-state index is 13.8. The van der Waals surface area contributed by atoms with Crippen molar-refractivity contribution in [1.82, 2.24) is 0 Å². The van der Waals surface area contributed by atoms with Gasteiger partial charge in [-0.2, -0.15) is 0 Å². The number of carbonyl (C=O) groups is 3. The average molecular weight is 499 g/mol. The highest BCUT2D eigenvalue weighted by atomic mass is 16.3. The van der Waals surface area contributed by atoms with Crippen molar-refractivity contribution < 1.29 is 19.5 Å². The molecule has 1 aliphatic rings. The summed E-state index contributed by atoms with van der Waals surface area (Å²) in [6.45, 7) is 7.32. The smallest absolute Gasteiger partial charge is 0.235 e. The first-order valence-electron chi connectivity index (χ1n) is 12.7. The molecule has 0 bridgehead atoms. The molecule has 6 heteroatoms. The Bertz CT molecular complexity index is 1310. The first kappa shape index (κ1) is 26.3. The van der Waals surface area contributed by atoms with Crippen molar-refractivity contribution >= 4 is 29.0 Å². The van der Waals surface area contributed by atoms with E-state index in [0.29, 0.717) is 16.9 Å². The van der Waals surface area contributed by atoms with E-state index >= 15 is 0 Å². The van der Waals surface area contributed by atoms with Crippen LogP contribution in [-0.2, 0) is 20.8 Å². The molecule has 4 atom stereocenters. The highest BCUT2D eigenvalue weighted by Crippen LogP contribution is 2.46. The standard InChI is InChI=1S/C31H34N2O4/c1-5-21-14-16-22(17-15-21)26-27(29(35)32-23-12-8-6-10-19(23)2)25(34)18-31(4,37)28(26)30(36)33-24-13-9-7-11-20(24)3/h6-17,26-28,37H,5,18H2,1-4H3,(H,32,35)(H,33,36). The molecule has 3 aromatic carbocycles. The molecule has 2 amide bonds. The highest BCUT2D eigenvalue weighted by molar-refractivity contribution is 6.10. The van der Waals surface area contributed by atoms with E-state index in [1.54, 1.807) is 12.1 Å². The Morgan fingerprint density at radius 1 is 0.865 bits per heavy atom. The average Bonchev–Trinajstić information content (AvgIpc) is 2.85. The summed E-state index contributed by atoms with van der Waals surface area (Å²) in [6, 6.07) is 22.3. The van der Waals surface area contributed by atoms with Gasteiger partial charge in [-0.25, -0.2) is 0 Å². The molecule has 0 aromatic heterocycles. The molecule has 0 radical (unpaired) electrons. The Kier molecular flexibility index (Phi) is 7.60. The summed E-state index contributed by atoms with van der Waals surface area (Å²) in [6.07, 6.45) is 0.532. The van der Waals surface area contributed by atoms with Crippen LogP contribution in [0.2, 0.25) is 0 Å². The summed E-state index contributed by atoms with van der Waals surface area (Å²) in [5.41, 5.74) is 3.10. The molecular weight excluding hydrogens is 464 g/mol. The predicted octanol–water partition coefficient (Wildman–Crippen LogP) is 5.18. The molecule has 1 aliphatic carbocycles. The van der Waals surface area contributed by atoms with E-state index in [4.69, 9.17) is 0 Å². The maximum atomic E-state index is 13.8. The number of hydrogen-bond acceptors (Lipinski definition) is 4. The van der Waals surface area contributed by atoms with E-state index in [0.717, 1.165) is 23.1 Å². The predicted molar refractivity (Wildman–Crippen MR) is 145 cm³/mol. The van der Waals surface area contributed by atoms with Crippen molar-refractivity contribution in [3.8, 4) is 0 Å². The van der Waals surface area contributed by atoms with Gasteiger partial charge in [0, 0.05) is 23.7 Å². The van der Waals surface area contributed by atoms with Crippen molar-refractivity contribution in [2.75, 3.05) is 10.6 Å². The first-order chi connectivity index (χ1) is 17.6. The molecule has 0 spiro atoms. The molecule has 0 saturated heterocycles. The lowest BCUT2D eigenvalue weighted by Crippen LogP contribution is -2.56. The van der Waals surface area contributed by atoms with Gasteiger partial charge in [0.05, 0.1) is 11.5 Å². The Morgan fingerprint density at radius 3 is 1.89 bits per heavy atom. The quantitative estimate of drug-likeness (QED) is 0.408. The van der Waals surface area contributed by atoms with Crippen molar-refractivity contribution in [3.63, 3.8) is 0 Å². The molecule has 37 heavy (non-hydrogen) atoms. The molecule has 1 fully saturated rings. The van der Waals surface area contributed by atoms with Crippen molar-refractivity contribution in [3.05, 3.63) is 95.1 Å². The number of ketones is 1. The molecule has 0 aliphatic heterocycles. The van der Waals surface area contributed by atoms with Crippen LogP contribution in [-0.4, -0.2) is 28.3 Å². The minimum Gasteiger partial charge on any atom is -0.389 e. The molecule has 1 saturated carbocycles. The third-order valence-corrected chi connectivity index (χ3v) is 7.41. The summed E-state index contributed by atoms with van der Waals surface area (Å²) >= 11 is 0. The van der Waals surface area contributed by atoms with Crippen LogP contribution in [0.25, 0.3) is 0 Å². The molecule has 0 heterocycles. The fourth-order valence-corrected chi connectivity index (χ4v) is 5.31. The van der Waals surface area contributed by atoms with Gasteiger partial charge in [0.1, 0.15) is 11.7 Å². The van der Waals surface area contributed by atoms with E-state index in [1.165, 1.54) is 6.92 Å². The van der Waals surface area contributed by atoms with Crippen LogP contribution in [0.5, 0.6) is 0 Å². The van der Waals surface area contributed by atoms with Crippen LogP contribution in [0.15, 0.2) is 72.8 Å². The Labute approximate surface area is 218 Å². The summed E-state index contributed by atoms with van der Waals surface area (Å²) in [5, 5.41) is 17.3. The van der Waals surface area contributed by atoms with Crippen LogP contribution >= 0.6 is 0 Å². The number of Topliss-reactive ketones (excluding diaryl/α,β-unsaturated/α-hetero) is 1. The van der Waals surface area contributed by atoms with E-state index in [9.17, 15) is 19.5 Å². The zero-order valence-electron chi connectivity index (χ0n) is 21.7. The summed E-state index contributed by atoms with van der Waals surface area (Å²) in [5.74, 6) is -4.32. The topological polar surface area (TPSA) is 95.5 Å². The second kappa shape index (κ2) is 10.7. The third-order valence-electron chi connectivity index (χ3n) is 7.41. The zero-order valence-corrected chi connectivity index (χ0v) is 21.7. The second-order valence-corrected chi connectivity index (χ2v) is 10.2. The number of hydrogen-bond donors (Lipinski definition) is 3. The van der Waals surface area contributed by atoms with Crippen molar-refractivity contribution in [1.29, 1.82) is 0 Å². The molecule has 192 valence electrons. The van der Waals surface area contributed by atoms with Crippen LogP contribution in [0.1, 0.15) is 48.4 Å². The Balaban J connectivity index is 1.79. The highest BCUT2D eigenvalue weighted by Gasteiger charge is 2.55. The number of anilines is 2. The van der Waals surface area contributed by atoms with Crippen LogP contribution < -0.4 is 10.6 Å². The molecular formula is C31H34N2O4. The number of nitrogens with one attached hydrogen (secondary N) is 2. The first-order valence-corrected chi connectivity index (χ1v) is 12.7. The number of rotatable bonds is 6. The van der Waals surface area contributed by atoms with E-state index in [-0.39, 0.29) is 12.2 Å². The second-order valence-electron chi connectivity index (χ2n) is 10.2. The normalized spacial score (nSPS) is 23.4. The molecule has 4 unspecified atom stereocenters. The number of aryl methyl sites for hydroxylation is 3. The van der Waals surface area contributed by atoms with Crippen LogP contribution in [0.3, 0.4) is 0 Å². The number of benzene rings is 3. The lowest BCUT2D eigenvalue weighted by Gasteiger charge is -2.44. The Morgan fingerprint density at radius 2 is 1.38 bits per heavy atom. The molecule has 4 rings (SSSR count). The van der Waals surface area contributed by atoms with E-state index < -0.39 is 35.2 Å². The van der Waals surface area contributed by atoms with Gasteiger partial charge in [0.25, 0.3) is 0 Å². The van der Waals surface area contributed by atoms with Gasteiger partial charge in [-0.05, 0) is 61.6 Å². The number of para-hydroxylation sites is 2. The van der Waals surface area contributed by atoms with Gasteiger partial charge in [-0.15, -0.1) is 0 Å².